The van der Waals surface area contributed by atoms with E-state index in [-0.39, 0.29) is 0 Å². The summed E-state index contributed by atoms with van der Waals surface area (Å²) in [7, 11) is -3.42. The van der Waals surface area contributed by atoms with Crippen LogP contribution >= 0.6 is 0 Å². The van der Waals surface area contributed by atoms with Crippen LogP contribution in [0, 0.1) is 0 Å². The van der Waals surface area contributed by atoms with Gasteiger partial charge in [-0.25, -0.2) is 13.2 Å². The number of rotatable bonds is 3. The number of carboxylic acid groups (broad SMARTS) is 1. The number of amides is 1. The first-order valence-electron chi connectivity index (χ1n) is 5.51. The van der Waals surface area contributed by atoms with Gasteiger partial charge in [0.15, 0.2) is 9.84 Å². The molecule has 0 spiro atoms. The van der Waals surface area contributed by atoms with E-state index in [9.17, 15) is 18.0 Å². The van der Waals surface area contributed by atoms with Gasteiger partial charge in [-0.2, -0.15) is 0 Å². The van der Waals surface area contributed by atoms with Crippen molar-refractivity contribution in [1.29, 1.82) is 0 Å². The number of hydrogen-bond donors (Lipinski definition) is 1. The second kappa shape index (κ2) is 5.48. The third-order valence-electron chi connectivity index (χ3n) is 2.74. The first-order valence-corrected chi connectivity index (χ1v) is 7.57. The molecule has 1 aliphatic rings. The van der Waals surface area contributed by atoms with Crippen molar-refractivity contribution < 1.29 is 23.1 Å². The fourth-order valence-corrected chi connectivity index (χ4v) is 2.59. The molecule has 0 aromatic carbocycles. The van der Waals surface area contributed by atoms with Crippen LogP contribution in [-0.4, -0.2) is 54.9 Å². The lowest BCUT2D eigenvalue weighted by atomic mass is 10.1. The molecule has 1 aliphatic heterocycles. The van der Waals surface area contributed by atoms with E-state index in [0.29, 0.717) is 13.0 Å². The van der Waals surface area contributed by atoms with Crippen molar-refractivity contribution in [2.45, 2.75) is 31.7 Å². The monoisotopic (exact) mass is 263 g/mol. The maximum absolute atomic E-state index is 11.8. The van der Waals surface area contributed by atoms with Gasteiger partial charge in [-0.15, -0.1) is 0 Å². The molecule has 6 nitrogen and oxygen atoms in total. The lowest BCUT2D eigenvalue weighted by molar-refractivity contribution is -0.149. The Balaban J connectivity index is 2.82. The summed E-state index contributed by atoms with van der Waals surface area (Å²) in [6.45, 7) is 0.325. The average molecular weight is 263 g/mol. The lowest BCUT2D eigenvalue weighted by Gasteiger charge is -2.26. The van der Waals surface area contributed by atoms with Crippen LogP contribution < -0.4 is 0 Å². The first kappa shape index (κ1) is 14.0. The van der Waals surface area contributed by atoms with Gasteiger partial charge in [-0.05, 0) is 12.8 Å². The molecule has 98 valence electrons. The number of aliphatic carboxylic acids is 1. The summed E-state index contributed by atoms with van der Waals surface area (Å²) in [6.07, 6.45) is 3.70. The number of carbonyl (C=O) groups is 2. The minimum absolute atomic E-state index is 0.325. The Hall–Kier alpha value is -1.11. The molecule has 1 rings (SSSR count). The minimum Gasteiger partial charge on any atom is -0.480 e. The second-order valence-corrected chi connectivity index (χ2v) is 6.50. The fraction of sp³-hybridized carbons (Fsp3) is 0.800. The Morgan fingerprint density at radius 3 is 2.47 bits per heavy atom. The van der Waals surface area contributed by atoms with E-state index in [1.165, 1.54) is 4.90 Å². The van der Waals surface area contributed by atoms with Gasteiger partial charge in [-0.3, -0.25) is 4.79 Å². The molecule has 0 saturated carbocycles. The highest BCUT2D eigenvalue weighted by atomic mass is 32.2. The molecule has 1 N–H and O–H groups in total. The molecule has 0 aliphatic carbocycles. The van der Waals surface area contributed by atoms with Crippen molar-refractivity contribution in [1.82, 2.24) is 4.90 Å². The van der Waals surface area contributed by atoms with Crippen LogP contribution in [0.4, 0.5) is 0 Å². The summed E-state index contributed by atoms with van der Waals surface area (Å²) in [5, 5.41) is 9.04. The van der Waals surface area contributed by atoms with Crippen LogP contribution in [0.5, 0.6) is 0 Å². The van der Waals surface area contributed by atoms with Crippen LogP contribution in [-0.2, 0) is 19.4 Å². The fourth-order valence-electron chi connectivity index (χ4n) is 1.97. The molecule has 1 amide bonds. The van der Waals surface area contributed by atoms with Crippen LogP contribution in [0.15, 0.2) is 0 Å². The van der Waals surface area contributed by atoms with Crippen LogP contribution in [0.25, 0.3) is 0 Å². The quantitative estimate of drug-likeness (QED) is 0.767. The van der Waals surface area contributed by atoms with Crippen LogP contribution in [0.2, 0.25) is 0 Å². The number of carboxylic acids is 1. The SMILES string of the molecule is CS(=O)(=O)CC(=O)N1CCCCCC1C(=O)O. The highest BCUT2D eigenvalue weighted by Crippen LogP contribution is 2.17. The van der Waals surface area contributed by atoms with E-state index in [4.69, 9.17) is 5.11 Å². The summed E-state index contributed by atoms with van der Waals surface area (Å²) >= 11 is 0. The molecule has 7 heteroatoms. The van der Waals surface area contributed by atoms with Gasteiger partial charge < -0.3 is 10.0 Å². The van der Waals surface area contributed by atoms with Crippen molar-refractivity contribution in [3.8, 4) is 0 Å². The third-order valence-corrected chi connectivity index (χ3v) is 3.52. The Labute approximate surface area is 101 Å². The molecule has 1 unspecified atom stereocenters. The van der Waals surface area contributed by atoms with Gasteiger partial charge in [0.05, 0.1) is 0 Å². The van der Waals surface area contributed by atoms with E-state index in [1.807, 2.05) is 0 Å². The van der Waals surface area contributed by atoms with E-state index < -0.39 is 33.5 Å². The topological polar surface area (TPSA) is 91.8 Å². The lowest BCUT2D eigenvalue weighted by Crippen LogP contribution is -2.46. The van der Waals surface area contributed by atoms with Crippen molar-refractivity contribution in [3.63, 3.8) is 0 Å². The first-order chi connectivity index (χ1) is 7.81. The highest BCUT2D eigenvalue weighted by molar-refractivity contribution is 7.91. The van der Waals surface area contributed by atoms with Crippen molar-refractivity contribution >= 4 is 21.7 Å². The zero-order chi connectivity index (χ0) is 13.1. The van der Waals surface area contributed by atoms with Crippen molar-refractivity contribution in [2.75, 3.05) is 18.6 Å². The minimum atomic E-state index is -3.42. The largest absolute Gasteiger partial charge is 0.480 e. The van der Waals surface area contributed by atoms with E-state index >= 15 is 0 Å². The van der Waals surface area contributed by atoms with Gasteiger partial charge in [0, 0.05) is 12.8 Å². The number of hydrogen-bond acceptors (Lipinski definition) is 4. The Morgan fingerprint density at radius 2 is 1.94 bits per heavy atom. The maximum Gasteiger partial charge on any atom is 0.326 e. The van der Waals surface area contributed by atoms with Gasteiger partial charge >= 0.3 is 5.97 Å². The molecule has 1 heterocycles. The summed E-state index contributed by atoms with van der Waals surface area (Å²) in [6, 6.07) is -0.883. The zero-order valence-electron chi connectivity index (χ0n) is 9.76. The predicted octanol–water partition coefficient (Wildman–Crippen LogP) is -0.113. The molecule has 1 saturated heterocycles. The summed E-state index contributed by atoms with van der Waals surface area (Å²) in [5.41, 5.74) is 0. The smallest absolute Gasteiger partial charge is 0.326 e. The molecule has 0 radical (unpaired) electrons. The molecular weight excluding hydrogens is 246 g/mol. The normalized spacial score (nSPS) is 21.9. The van der Waals surface area contributed by atoms with Gasteiger partial charge in [0.25, 0.3) is 0 Å². The molecule has 17 heavy (non-hydrogen) atoms. The molecule has 0 aromatic heterocycles. The summed E-state index contributed by atoms with van der Waals surface area (Å²) in [5.74, 6) is -2.29. The summed E-state index contributed by atoms with van der Waals surface area (Å²) in [4.78, 5) is 24.0. The Bertz CT molecular complexity index is 403. The van der Waals surface area contributed by atoms with Crippen molar-refractivity contribution in [2.24, 2.45) is 0 Å². The molecule has 1 fully saturated rings. The Morgan fingerprint density at radius 1 is 1.29 bits per heavy atom. The van der Waals surface area contributed by atoms with Gasteiger partial charge in [-0.1, -0.05) is 12.8 Å². The molecular formula is C10H17NO5S. The third kappa shape index (κ3) is 4.33. The Kier molecular flexibility index (Phi) is 4.50. The average Bonchev–Trinajstić information content (AvgIpc) is 2.39. The number of carbonyl (C=O) groups excluding carboxylic acids is 1. The van der Waals surface area contributed by atoms with E-state index in [1.54, 1.807) is 0 Å². The van der Waals surface area contributed by atoms with Crippen LogP contribution in [0.3, 0.4) is 0 Å². The molecule has 1 atom stereocenters. The number of sulfone groups is 1. The summed E-state index contributed by atoms with van der Waals surface area (Å²) < 4.78 is 22.1. The second-order valence-electron chi connectivity index (χ2n) is 4.36. The van der Waals surface area contributed by atoms with Crippen LogP contribution in [0.1, 0.15) is 25.7 Å². The van der Waals surface area contributed by atoms with E-state index in [2.05, 4.69) is 0 Å². The number of likely N-dealkylation sites (tertiary alicyclic amines) is 1. The standard InChI is InChI=1S/C10H17NO5S/c1-17(15,16)7-9(12)11-6-4-2-3-5-8(11)10(13)14/h8H,2-7H2,1H3,(H,13,14). The maximum atomic E-state index is 11.8. The highest BCUT2D eigenvalue weighted by Gasteiger charge is 2.31. The van der Waals surface area contributed by atoms with E-state index in [0.717, 1.165) is 25.5 Å². The van der Waals surface area contributed by atoms with Crippen molar-refractivity contribution in [3.05, 3.63) is 0 Å². The predicted molar refractivity (Wildman–Crippen MR) is 61.3 cm³/mol. The van der Waals surface area contributed by atoms with Gasteiger partial charge in [0.1, 0.15) is 11.8 Å². The molecule has 0 aromatic rings. The number of nitrogens with zero attached hydrogens (tertiary/aromatic N) is 1. The molecule has 0 bridgehead atoms. The zero-order valence-corrected chi connectivity index (χ0v) is 10.6. The van der Waals surface area contributed by atoms with Gasteiger partial charge in [0.2, 0.25) is 5.91 Å².